The van der Waals surface area contributed by atoms with Crippen LogP contribution in [0.5, 0.6) is 0 Å². The molecule has 0 amide bonds. The van der Waals surface area contributed by atoms with Gasteiger partial charge in [0.05, 0.1) is 0 Å². The monoisotopic (exact) mass is 139 g/mol. The van der Waals surface area contributed by atoms with Crippen molar-refractivity contribution >= 4 is 10.7 Å². The molecule has 0 bridgehead atoms. The Bertz CT molecular complexity index is 103. The SMILES string of the molecule is O=[SH](=O)CCCNO. The van der Waals surface area contributed by atoms with Crippen LogP contribution in [0.4, 0.5) is 0 Å². The van der Waals surface area contributed by atoms with Crippen molar-refractivity contribution in [3.8, 4) is 0 Å². The van der Waals surface area contributed by atoms with E-state index in [2.05, 4.69) is 0 Å². The smallest absolute Gasteiger partial charge is 0.140 e. The van der Waals surface area contributed by atoms with Crippen molar-refractivity contribution in [2.24, 2.45) is 0 Å². The van der Waals surface area contributed by atoms with Gasteiger partial charge in [0, 0.05) is 12.3 Å². The van der Waals surface area contributed by atoms with Crippen molar-refractivity contribution in [1.29, 1.82) is 0 Å². The second kappa shape index (κ2) is 5.02. The van der Waals surface area contributed by atoms with Gasteiger partial charge in [0.1, 0.15) is 10.7 Å². The predicted octanol–water partition coefficient (Wildman–Crippen LogP) is -1.03. The van der Waals surface area contributed by atoms with E-state index in [9.17, 15) is 8.42 Å². The standard InChI is InChI=1S/C3H9NO3S/c5-4-2-1-3-8(6)7/h4-5,8H,1-3H2. The van der Waals surface area contributed by atoms with Crippen LogP contribution >= 0.6 is 0 Å². The first-order chi connectivity index (χ1) is 3.77. The van der Waals surface area contributed by atoms with Crippen molar-refractivity contribution in [3.63, 3.8) is 0 Å². The van der Waals surface area contributed by atoms with E-state index in [0.717, 1.165) is 0 Å². The summed E-state index contributed by atoms with van der Waals surface area (Å²) in [5.74, 6) is 0.142. The van der Waals surface area contributed by atoms with Crippen molar-refractivity contribution in [2.45, 2.75) is 6.42 Å². The molecule has 4 nitrogen and oxygen atoms in total. The Morgan fingerprint density at radius 3 is 2.50 bits per heavy atom. The first-order valence-electron chi connectivity index (χ1n) is 2.26. The van der Waals surface area contributed by atoms with Crippen LogP contribution in [0.1, 0.15) is 6.42 Å². The van der Waals surface area contributed by atoms with Gasteiger partial charge in [-0.05, 0) is 6.42 Å². The van der Waals surface area contributed by atoms with E-state index in [1.54, 1.807) is 0 Å². The minimum Gasteiger partial charge on any atom is -0.317 e. The van der Waals surface area contributed by atoms with Crippen LogP contribution in [-0.2, 0) is 10.7 Å². The number of hydrogen-bond acceptors (Lipinski definition) is 4. The quantitative estimate of drug-likeness (QED) is 0.264. The van der Waals surface area contributed by atoms with Gasteiger partial charge in [-0.1, -0.05) is 0 Å². The molecule has 0 heterocycles. The fraction of sp³-hybridized carbons (Fsp3) is 1.00. The van der Waals surface area contributed by atoms with Crippen molar-refractivity contribution in [3.05, 3.63) is 0 Å². The van der Waals surface area contributed by atoms with Gasteiger partial charge in [0.25, 0.3) is 0 Å². The van der Waals surface area contributed by atoms with Crippen LogP contribution < -0.4 is 5.48 Å². The van der Waals surface area contributed by atoms with Gasteiger partial charge in [-0.15, -0.1) is 0 Å². The molecule has 0 saturated carbocycles. The van der Waals surface area contributed by atoms with Gasteiger partial charge in [-0.25, -0.2) is 13.9 Å². The van der Waals surface area contributed by atoms with E-state index in [1.807, 2.05) is 5.48 Å². The van der Waals surface area contributed by atoms with Gasteiger partial charge in [0.2, 0.25) is 0 Å². The lowest BCUT2D eigenvalue weighted by molar-refractivity contribution is 0.167. The Morgan fingerprint density at radius 2 is 2.12 bits per heavy atom. The van der Waals surface area contributed by atoms with Crippen molar-refractivity contribution < 1.29 is 13.6 Å². The highest BCUT2D eigenvalue weighted by atomic mass is 32.2. The number of thiol groups is 1. The molecule has 8 heavy (non-hydrogen) atoms. The zero-order chi connectivity index (χ0) is 6.41. The van der Waals surface area contributed by atoms with Crippen LogP contribution in [0.25, 0.3) is 0 Å². The third-order valence-corrected chi connectivity index (χ3v) is 1.31. The van der Waals surface area contributed by atoms with Gasteiger partial charge in [-0.3, -0.25) is 0 Å². The molecule has 0 saturated heterocycles. The summed E-state index contributed by atoms with van der Waals surface area (Å²) in [6.45, 7) is 0.337. The van der Waals surface area contributed by atoms with Crippen LogP contribution in [-0.4, -0.2) is 25.9 Å². The van der Waals surface area contributed by atoms with Crippen LogP contribution in [0.3, 0.4) is 0 Å². The van der Waals surface area contributed by atoms with Crippen molar-refractivity contribution in [2.75, 3.05) is 12.3 Å². The minimum atomic E-state index is -2.26. The van der Waals surface area contributed by atoms with E-state index >= 15 is 0 Å². The molecule has 0 atom stereocenters. The van der Waals surface area contributed by atoms with Crippen LogP contribution in [0, 0.1) is 0 Å². The van der Waals surface area contributed by atoms with Gasteiger partial charge in [0.15, 0.2) is 0 Å². The Balaban J connectivity index is 2.94. The molecule has 0 aliphatic rings. The highest BCUT2D eigenvalue weighted by Crippen LogP contribution is 1.73. The molecule has 0 fully saturated rings. The first-order valence-corrected chi connectivity index (χ1v) is 3.62. The Kier molecular flexibility index (Phi) is 4.93. The van der Waals surface area contributed by atoms with Crippen LogP contribution in [0.15, 0.2) is 0 Å². The largest absolute Gasteiger partial charge is 0.317 e. The molecule has 0 aliphatic carbocycles. The highest BCUT2D eigenvalue weighted by molar-refractivity contribution is 7.72. The van der Waals surface area contributed by atoms with E-state index in [4.69, 9.17) is 5.21 Å². The van der Waals surface area contributed by atoms with Gasteiger partial charge >= 0.3 is 0 Å². The molecule has 50 valence electrons. The summed E-state index contributed by atoms with van der Waals surface area (Å²) < 4.78 is 19.6. The molecule has 5 heteroatoms. The van der Waals surface area contributed by atoms with E-state index in [1.165, 1.54) is 0 Å². The predicted molar refractivity (Wildman–Crippen MR) is 29.6 cm³/mol. The minimum absolute atomic E-state index is 0.142. The average molecular weight is 139 g/mol. The van der Waals surface area contributed by atoms with Gasteiger partial charge in [-0.2, -0.15) is 0 Å². The Labute approximate surface area is 49.4 Å². The second-order valence-corrected chi connectivity index (χ2v) is 2.43. The third-order valence-electron chi connectivity index (χ3n) is 0.629. The maximum atomic E-state index is 9.80. The fourth-order valence-corrected chi connectivity index (χ4v) is 0.704. The average Bonchev–Trinajstić information content (AvgIpc) is 1.66. The summed E-state index contributed by atoms with van der Waals surface area (Å²) >= 11 is 0. The molecule has 0 unspecified atom stereocenters. The van der Waals surface area contributed by atoms with E-state index < -0.39 is 10.7 Å². The number of hydroxylamine groups is 1. The molecule has 0 radical (unpaired) electrons. The molecular formula is C3H9NO3S. The van der Waals surface area contributed by atoms with Crippen molar-refractivity contribution in [1.82, 2.24) is 5.48 Å². The molecule has 2 N–H and O–H groups in total. The molecular weight excluding hydrogens is 130 g/mol. The number of rotatable bonds is 4. The summed E-state index contributed by atoms with van der Waals surface area (Å²) in [7, 11) is -2.26. The number of hydrogen-bond donors (Lipinski definition) is 3. The van der Waals surface area contributed by atoms with E-state index in [0.29, 0.717) is 13.0 Å². The molecule has 0 aliphatic heterocycles. The molecule has 0 rings (SSSR count). The lowest BCUT2D eigenvalue weighted by Gasteiger charge is -1.89. The lowest BCUT2D eigenvalue weighted by atomic mass is 10.5. The molecule has 0 aromatic heterocycles. The maximum absolute atomic E-state index is 9.80. The normalized spacial score (nSPS) is 10.2. The topological polar surface area (TPSA) is 66.4 Å². The van der Waals surface area contributed by atoms with E-state index in [-0.39, 0.29) is 5.75 Å². The Hall–Kier alpha value is -0.130. The van der Waals surface area contributed by atoms with Crippen LogP contribution in [0.2, 0.25) is 0 Å². The summed E-state index contributed by atoms with van der Waals surface area (Å²) in [6, 6.07) is 0. The van der Waals surface area contributed by atoms with Gasteiger partial charge < -0.3 is 5.21 Å². The zero-order valence-corrected chi connectivity index (χ0v) is 5.23. The molecule has 0 aromatic carbocycles. The fourth-order valence-electron chi connectivity index (χ4n) is 0.287. The Morgan fingerprint density at radius 1 is 1.50 bits per heavy atom. The zero-order valence-electron chi connectivity index (χ0n) is 4.33. The summed E-state index contributed by atoms with van der Waals surface area (Å²) in [5.41, 5.74) is 1.86. The number of nitrogens with one attached hydrogen (secondary N) is 1. The molecule has 0 spiro atoms. The second-order valence-electron chi connectivity index (χ2n) is 1.32. The summed E-state index contributed by atoms with van der Waals surface area (Å²) in [6.07, 6.45) is 0.467. The maximum Gasteiger partial charge on any atom is 0.140 e. The third kappa shape index (κ3) is 5.87. The first kappa shape index (κ1) is 7.87. The summed E-state index contributed by atoms with van der Waals surface area (Å²) in [4.78, 5) is 0. The lowest BCUT2D eigenvalue weighted by Crippen LogP contribution is -2.10. The molecule has 0 aromatic rings. The summed E-state index contributed by atoms with van der Waals surface area (Å²) in [5, 5.41) is 7.93. The highest BCUT2D eigenvalue weighted by Gasteiger charge is 1.85.